The molecule has 1 amide bonds. The van der Waals surface area contributed by atoms with Gasteiger partial charge in [0.25, 0.3) is 5.91 Å². The predicted octanol–water partition coefficient (Wildman–Crippen LogP) is 3.73. The fourth-order valence-corrected chi connectivity index (χ4v) is 5.24. The first kappa shape index (κ1) is 16.8. The van der Waals surface area contributed by atoms with E-state index in [1.165, 1.54) is 22.7 Å². The number of nitrogens with zero attached hydrogens (tertiary/aromatic N) is 2. The Bertz CT molecular complexity index is 1030. The van der Waals surface area contributed by atoms with Crippen LogP contribution in [0.5, 0.6) is 0 Å². The minimum absolute atomic E-state index is 0.160. The van der Waals surface area contributed by atoms with E-state index >= 15 is 0 Å². The molecule has 0 radical (unpaired) electrons. The molecule has 0 aromatic carbocycles. The van der Waals surface area contributed by atoms with Crippen LogP contribution in [0.25, 0.3) is 20.7 Å². The Kier molecular flexibility index (Phi) is 4.26. The second-order valence-electron chi connectivity index (χ2n) is 6.32. The number of pyridine rings is 1. The van der Waals surface area contributed by atoms with Crippen molar-refractivity contribution in [3.05, 3.63) is 28.0 Å². The molecule has 1 fully saturated rings. The van der Waals surface area contributed by atoms with Crippen LogP contribution in [0.4, 0.5) is 11.5 Å². The van der Waals surface area contributed by atoms with Gasteiger partial charge in [0, 0.05) is 21.9 Å². The Labute approximate surface area is 158 Å². The van der Waals surface area contributed by atoms with Crippen LogP contribution in [0, 0.1) is 11.3 Å². The van der Waals surface area contributed by atoms with Gasteiger partial charge in [0.1, 0.15) is 27.2 Å². The fraction of sp³-hybridized carbons (Fsp3) is 0.278. The van der Waals surface area contributed by atoms with Gasteiger partial charge in [-0.15, -0.1) is 22.7 Å². The van der Waals surface area contributed by atoms with Crippen LogP contribution < -0.4 is 16.8 Å². The van der Waals surface area contributed by atoms with Gasteiger partial charge in [-0.1, -0.05) is 18.9 Å². The summed E-state index contributed by atoms with van der Waals surface area (Å²) in [5.41, 5.74) is 13.7. The summed E-state index contributed by atoms with van der Waals surface area (Å²) in [6.07, 6.45) is 4.28. The van der Waals surface area contributed by atoms with Crippen molar-refractivity contribution in [1.82, 2.24) is 10.3 Å². The van der Waals surface area contributed by atoms with E-state index in [2.05, 4.69) is 16.4 Å². The van der Waals surface area contributed by atoms with Crippen LogP contribution in [-0.2, 0) is 0 Å². The third-order valence-electron chi connectivity index (χ3n) is 4.68. The molecule has 6 nitrogen and oxygen atoms in total. The molecule has 132 valence electrons. The Morgan fingerprint density at radius 2 is 2.12 bits per heavy atom. The van der Waals surface area contributed by atoms with Crippen LogP contribution in [0.1, 0.15) is 40.9 Å². The maximum absolute atomic E-state index is 12.7. The van der Waals surface area contributed by atoms with Crippen molar-refractivity contribution in [3.63, 3.8) is 0 Å². The molecule has 0 saturated heterocycles. The molecule has 3 aromatic heterocycles. The Morgan fingerprint density at radius 1 is 1.35 bits per heavy atom. The van der Waals surface area contributed by atoms with Crippen molar-refractivity contribution in [2.45, 2.75) is 31.7 Å². The smallest absolute Gasteiger partial charge is 0.263 e. The van der Waals surface area contributed by atoms with Gasteiger partial charge >= 0.3 is 0 Å². The minimum atomic E-state index is -0.174. The number of nitrogen functional groups attached to an aromatic ring is 2. The number of thiophene rings is 2. The van der Waals surface area contributed by atoms with Crippen LogP contribution in [0.2, 0.25) is 0 Å². The largest absolute Gasteiger partial charge is 0.397 e. The van der Waals surface area contributed by atoms with E-state index < -0.39 is 0 Å². The number of rotatable bonds is 3. The van der Waals surface area contributed by atoms with Crippen LogP contribution in [0.3, 0.4) is 0 Å². The SMILES string of the molecule is N#Cc1c(N)nc2sc(C(=O)NC3CCCC3)c(N)c2c1-c1cccs1. The number of fused-ring (bicyclic) bond motifs is 1. The van der Waals surface area contributed by atoms with E-state index in [9.17, 15) is 10.1 Å². The number of amides is 1. The number of carbonyl (C=O) groups is 1. The quantitative estimate of drug-likeness (QED) is 0.637. The van der Waals surface area contributed by atoms with Crippen molar-refractivity contribution in [2.24, 2.45) is 0 Å². The number of aromatic nitrogens is 1. The van der Waals surface area contributed by atoms with Gasteiger partial charge in [-0.3, -0.25) is 4.79 Å². The Morgan fingerprint density at radius 3 is 2.77 bits per heavy atom. The second-order valence-corrected chi connectivity index (χ2v) is 8.26. The van der Waals surface area contributed by atoms with Crippen molar-refractivity contribution in [1.29, 1.82) is 5.26 Å². The lowest BCUT2D eigenvalue weighted by molar-refractivity contribution is 0.0943. The predicted molar refractivity (Wildman–Crippen MR) is 106 cm³/mol. The monoisotopic (exact) mass is 383 g/mol. The molecule has 0 atom stereocenters. The van der Waals surface area contributed by atoms with Gasteiger partial charge in [0.15, 0.2) is 0 Å². The lowest BCUT2D eigenvalue weighted by Gasteiger charge is -2.11. The average molecular weight is 384 g/mol. The van der Waals surface area contributed by atoms with Crippen molar-refractivity contribution in [3.8, 4) is 16.5 Å². The number of anilines is 2. The van der Waals surface area contributed by atoms with Gasteiger partial charge < -0.3 is 16.8 Å². The molecule has 8 heteroatoms. The second kappa shape index (κ2) is 6.59. The first-order chi connectivity index (χ1) is 12.6. The van der Waals surface area contributed by atoms with E-state index in [0.29, 0.717) is 31.9 Å². The number of hydrogen-bond acceptors (Lipinski definition) is 7. The number of nitrogens with two attached hydrogens (primary N) is 2. The Hall–Kier alpha value is -2.63. The molecule has 5 N–H and O–H groups in total. The summed E-state index contributed by atoms with van der Waals surface area (Å²) in [5, 5.41) is 15.2. The summed E-state index contributed by atoms with van der Waals surface area (Å²) in [4.78, 5) is 19.0. The normalized spacial score (nSPS) is 14.6. The molecule has 3 heterocycles. The van der Waals surface area contributed by atoms with Crippen LogP contribution >= 0.6 is 22.7 Å². The zero-order chi connectivity index (χ0) is 18.3. The zero-order valence-electron chi connectivity index (χ0n) is 13.9. The lowest BCUT2D eigenvalue weighted by Crippen LogP contribution is -2.32. The van der Waals surface area contributed by atoms with E-state index in [1.54, 1.807) is 0 Å². The molecule has 1 aliphatic rings. The molecular weight excluding hydrogens is 366 g/mol. The molecule has 4 rings (SSSR count). The molecule has 26 heavy (non-hydrogen) atoms. The molecule has 3 aromatic rings. The first-order valence-corrected chi connectivity index (χ1v) is 10.1. The molecule has 0 bridgehead atoms. The highest BCUT2D eigenvalue weighted by atomic mass is 32.1. The number of nitrogens with one attached hydrogen (secondary N) is 1. The van der Waals surface area contributed by atoms with Gasteiger partial charge in [0.2, 0.25) is 0 Å². The Balaban J connectivity index is 1.88. The van der Waals surface area contributed by atoms with Gasteiger partial charge in [0.05, 0.1) is 5.69 Å². The van der Waals surface area contributed by atoms with Crippen LogP contribution in [-0.4, -0.2) is 16.9 Å². The average Bonchev–Trinajstić information content (AvgIpc) is 3.35. The fourth-order valence-electron chi connectivity index (χ4n) is 3.44. The lowest BCUT2D eigenvalue weighted by atomic mass is 10.0. The van der Waals surface area contributed by atoms with E-state index in [1.807, 2.05) is 17.5 Å². The van der Waals surface area contributed by atoms with Gasteiger partial charge in [-0.05, 0) is 24.3 Å². The molecule has 1 aliphatic carbocycles. The van der Waals surface area contributed by atoms with Gasteiger partial charge in [-0.2, -0.15) is 5.26 Å². The van der Waals surface area contributed by atoms with E-state index in [-0.39, 0.29) is 17.8 Å². The summed E-state index contributed by atoms with van der Waals surface area (Å²) < 4.78 is 0. The van der Waals surface area contributed by atoms with Gasteiger partial charge in [-0.25, -0.2) is 4.98 Å². The van der Waals surface area contributed by atoms with Crippen molar-refractivity contribution >= 4 is 50.3 Å². The number of carbonyl (C=O) groups excluding carboxylic acids is 1. The maximum atomic E-state index is 12.7. The zero-order valence-corrected chi connectivity index (χ0v) is 15.5. The summed E-state index contributed by atoms with van der Waals surface area (Å²) in [6, 6.07) is 6.16. The summed E-state index contributed by atoms with van der Waals surface area (Å²) >= 11 is 2.72. The maximum Gasteiger partial charge on any atom is 0.263 e. The minimum Gasteiger partial charge on any atom is -0.397 e. The highest BCUT2D eigenvalue weighted by Gasteiger charge is 2.26. The van der Waals surface area contributed by atoms with Crippen molar-refractivity contribution < 1.29 is 4.79 Å². The van der Waals surface area contributed by atoms with Crippen LogP contribution in [0.15, 0.2) is 17.5 Å². The van der Waals surface area contributed by atoms with E-state index in [4.69, 9.17) is 11.5 Å². The molecular formula is C18H17N5OS2. The first-order valence-electron chi connectivity index (χ1n) is 8.36. The summed E-state index contributed by atoms with van der Waals surface area (Å²) in [5.74, 6) is -0.0148. The molecule has 0 spiro atoms. The summed E-state index contributed by atoms with van der Waals surface area (Å²) in [7, 11) is 0. The highest BCUT2D eigenvalue weighted by Crippen LogP contribution is 2.43. The topological polar surface area (TPSA) is 118 Å². The molecule has 0 aliphatic heterocycles. The number of hydrogen-bond donors (Lipinski definition) is 3. The third kappa shape index (κ3) is 2.69. The molecule has 0 unspecified atom stereocenters. The van der Waals surface area contributed by atoms with Crippen molar-refractivity contribution in [2.75, 3.05) is 11.5 Å². The highest BCUT2D eigenvalue weighted by molar-refractivity contribution is 7.21. The number of nitriles is 1. The standard InChI is InChI=1S/C18H17N5OS2/c19-8-10-12(11-6-3-7-25-11)13-14(20)15(26-18(13)23-16(10)21)17(24)22-9-4-1-2-5-9/h3,6-7,9H,1-2,4-5,20H2,(H2,21,23)(H,22,24). The van der Waals surface area contributed by atoms with E-state index in [0.717, 1.165) is 30.6 Å². The summed E-state index contributed by atoms with van der Waals surface area (Å²) in [6.45, 7) is 0. The molecule has 1 saturated carbocycles. The third-order valence-corrected chi connectivity index (χ3v) is 6.67.